The molecule has 0 saturated carbocycles. The summed E-state index contributed by atoms with van der Waals surface area (Å²) in [5, 5.41) is 8.54. The highest BCUT2D eigenvalue weighted by Gasteiger charge is 2.19. The Morgan fingerprint density at radius 3 is 3.25 bits per heavy atom. The minimum Gasteiger partial charge on any atom is -0.356 e. The van der Waals surface area contributed by atoms with Crippen LogP contribution in [-0.4, -0.2) is 18.5 Å². The van der Waals surface area contributed by atoms with Crippen molar-refractivity contribution in [2.45, 2.75) is 38.3 Å². The Hall–Kier alpha value is -0.870. The molecule has 2 N–H and O–H groups in total. The second-order valence-electron chi connectivity index (χ2n) is 4.30. The van der Waals surface area contributed by atoms with Crippen LogP contribution in [0.4, 0.5) is 0 Å². The Labute approximate surface area is 100 Å². The molecule has 1 aromatic rings. The second-order valence-corrected chi connectivity index (χ2v) is 5.28. The molecule has 0 spiro atoms. The molecular weight excluding hydrogens is 220 g/mol. The van der Waals surface area contributed by atoms with Gasteiger partial charge in [-0.3, -0.25) is 4.79 Å². The lowest BCUT2D eigenvalue weighted by Crippen LogP contribution is -2.34. The van der Waals surface area contributed by atoms with Crippen LogP contribution in [0, 0.1) is 0 Å². The Bertz CT molecular complexity index is 337. The number of nitrogens with one attached hydrogen (secondary N) is 2. The van der Waals surface area contributed by atoms with Crippen molar-refractivity contribution in [2.24, 2.45) is 0 Å². The van der Waals surface area contributed by atoms with Gasteiger partial charge in [0.15, 0.2) is 0 Å². The number of rotatable bonds is 3. The first kappa shape index (κ1) is 11.6. The van der Waals surface area contributed by atoms with Gasteiger partial charge in [0.1, 0.15) is 0 Å². The lowest BCUT2D eigenvalue weighted by atomic mass is 10.1. The summed E-state index contributed by atoms with van der Waals surface area (Å²) < 4.78 is 0. The van der Waals surface area contributed by atoms with E-state index in [0.29, 0.717) is 18.5 Å². The summed E-state index contributed by atoms with van der Waals surface area (Å²) in [6.07, 6.45) is 2.75. The molecule has 0 aromatic carbocycles. The molecule has 2 rings (SSSR count). The SMILES string of the molecule is CC(NC1CCCNC(=O)C1)c1cccs1. The molecule has 1 aromatic heterocycles. The molecule has 1 amide bonds. The van der Waals surface area contributed by atoms with Crippen LogP contribution in [0.25, 0.3) is 0 Å². The maximum atomic E-state index is 11.4. The summed E-state index contributed by atoms with van der Waals surface area (Å²) in [6.45, 7) is 2.99. The van der Waals surface area contributed by atoms with E-state index in [2.05, 4.69) is 35.1 Å². The smallest absolute Gasteiger partial charge is 0.221 e. The topological polar surface area (TPSA) is 41.1 Å². The standard InChI is InChI=1S/C12H18N2OS/c1-9(11-5-3-7-16-11)14-10-4-2-6-13-12(15)8-10/h3,5,7,9-10,14H,2,4,6,8H2,1H3,(H,13,15). The normalized spacial score (nSPS) is 23.6. The first-order chi connectivity index (χ1) is 7.75. The Balaban J connectivity index is 1.90. The number of carbonyl (C=O) groups is 1. The Morgan fingerprint density at radius 1 is 1.62 bits per heavy atom. The molecule has 0 bridgehead atoms. The summed E-state index contributed by atoms with van der Waals surface area (Å²) in [6, 6.07) is 4.87. The van der Waals surface area contributed by atoms with E-state index in [4.69, 9.17) is 0 Å². The molecule has 1 aliphatic heterocycles. The average molecular weight is 238 g/mol. The van der Waals surface area contributed by atoms with Crippen molar-refractivity contribution in [3.8, 4) is 0 Å². The number of hydrogen-bond acceptors (Lipinski definition) is 3. The molecule has 2 unspecified atom stereocenters. The van der Waals surface area contributed by atoms with Crippen LogP contribution in [0.5, 0.6) is 0 Å². The molecule has 2 heterocycles. The van der Waals surface area contributed by atoms with Crippen LogP contribution in [-0.2, 0) is 4.79 Å². The summed E-state index contributed by atoms with van der Waals surface area (Å²) in [5.74, 6) is 0.174. The van der Waals surface area contributed by atoms with Crippen LogP contribution >= 0.6 is 11.3 Å². The third-order valence-electron chi connectivity index (χ3n) is 2.94. The summed E-state index contributed by atoms with van der Waals surface area (Å²) in [5.41, 5.74) is 0. The van der Waals surface area contributed by atoms with Crippen LogP contribution < -0.4 is 10.6 Å². The molecule has 0 radical (unpaired) electrons. The highest BCUT2D eigenvalue weighted by Crippen LogP contribution is 2.20. The fourth-order valence-corrected chi connectivity index (χ4v) is 2.83. The molecule has 2 atom stereocenters. The molecule has 4 heteroatoms. The van der Waals surface area contributed by atoms with Crippen molar-refractivity contribution < 1.29 is 4.79 Å². The average Bonchev–Trinajstić information content (AvgIpc) is 2.70. The third kappa shape index (κ3) is 3.06. The van der Waals surface area contributed by atoms with Crippen molar-refractivity contribution in [3.05, 3.63) is 22.4 Å². The molecule has 1 aliphatic rings. The molecule has 0 aliphatic carbocycles. The maximum Gasteiger partial charge on any atom is 0.221 e. The van der Waals surface area contributed by atoms with Gasteiger partial charge in [0.05, 0.1) is 0 Å². The zero-order valence-corrected chi connectivity index (χ0v) is 10.3. The van der Waals surface area contributed by atoms with Gasteiger partial charge in [0, 0.05) is 29.9 Å². The van der Waals surface area contributed by atoms with E-state index < -0.39 is 0 Å². The fourth-order valence-electron chi connectivity index (χ4n) is 2.09. The van der Waals surface area contributed by atoms with Crippen LogP contribution in [0.15, 0.2) is 17.5 Å². The van der Waals surface area contributed by atoms with Crippen molar-refractivity contribution in [2.75, 3.05) is 6.54 Å². The summed E-state index contributed by atoms with van der Waals surface area (Å²) >= 11 is 1.76. The largest absolute Gasteiger partial charge is 0.356 e. The molecule has 1 fully saturated rings. The van der Waals surface area contributed by atoms with Crippen molar-refractivity contribution in [1.29, 1.82) is 0 Å². The molecule has 1 saturated heterocycles. The summed E-state index contributed by atoms with van der Waals surface area (Å²) in [7, 11) is 0. The molecular formula is C12H18N2OS. The van der Waals surface area contributed by atoms with E-state index >= 15 is 0 Å². The third-order valence-corrected chi connectivity index (χ3v) is 3.99. The van der Waals surface area contributed by atoms with Gasteiger partial charge in [-0.25, -0.2) is 0 Å². The van der Waals surface area contributed by atoms with Gasteiger partial charge in [-0.05, 0) is 31.2 Å². The number of thiophene rings is 1. The lowest BCUT2D eigenvalue weighted by molar-refractivity contribution is -0.121. The number of hydrogen-bond donors (Lipinski definition) is 2. The van der Waals surface area contributed by atoms with E-state index in [1.807, 2.05) is 0 Å². The van der Waals surface area contributed by atoms with E-state index in [0.717, 1.165) is 19.4 Å². The van der Waals surface area contributed by atoms with Gasteiger partial charge in [0.25, 0.3) is 0 Å². The first-order valence-corrected chi connectivity index (χ1v) is 6.70. The molecule has 3 nitrogen and oxygen atoms in total. The zero-order valence-electron chi connectivity index (χ0n) is 9.53. The van der Waals surface area contributed by atoms with E-state index in [1.165, 1.54) is 4.88 Å². The van der Waals surface area contributed by atoms with Gasteiger partial charge in [0.2, 0.25) is 5.91 Å². The van der Waals surface area contributed by atoms with Crippen molar-refractivity contribution in [3.63, 3.8) is 0 Å². The van der Waals surface area contributed by atoms with E-state index in [9.17, 15) is 4.79 Å². The van der Waals surface area contributed by atoms with Gasteiger partial charge >= 0.3 is 0 Å². The fraction of sp³-hybridized carbons (Fsp3) is 0.583. The monoisotopic (exact) mass is 238 g/mol. The van der Waals surface area contributed by atoms with Crippen LogP contribution in [0.1, 0.15) is 37.1 Å². The Morgan fingerprint density at radius 2 is 2.50 bits per heavy atom. The maximum absolute atomic E-state index is 11.4. The number of amides is 1. The second kappa shape index (κ2) is 5.46. The van der Waals surface area contributed by atoms with Crippen molar-refractivity contribution >= 4 is 17.2 Å². The summed E-state index contributed by atoms with van der Waals surface area (Å²) in [4.78, 5) is 12.8. The predicted molar refractivity (Wildman–Crippen MR) is 66.5 cm³/mol. The predicted octanol–water partition coefficient (Wildman–Crippen LogP) is 2.07. The lowest BCUT2D eigenvalue weighted by Gasteiger charge is -2.20. The van der Waals surface area contributed by atoms with Crippen LogP contribution in [0.3, 0.4) is 0 Å². The van der Waals surface area contributed by atoms with Gasteiger partial charge in [-0.2, -0.15) is 0 Å². The zero-order chi connectivity index (χ0) is 11.4. The van der Waals surface area contributed by atoms with Gasteiger partial charge in [-0.1, -0.05) is 6.07 Å². The minimum atomic E-state index is 0.174. The van der Waals surface area contributed by atoms with Crippen molar-refractivity contribution in [1.82, 2.24) is 10.6 Å². The Kier molecular flexibility index (Phi) is 3.96. The molecule has 88 valence electrons. The van der Waals surface area contributed by atoms with Gasteiger partial charge in [-0.15, -0.1) is 11.3 Å². The highest BCUT2D eigenvalue weighted by atomic mass is 32.1. The number of carbonyl (C=O) groups excluding carboxylic acids is 1. The molecule has 16 heavy (non-hydrogen) atoms. The van der Waals surface area contributed by atoms with E-state index in [-0.39, 0.29) is 5.91 Å². The quantitative estimate of drug-likeness (QED) is 0.846. The van der Waals surface area contributed by atoms with Crippen LogP contribution in [0.2, 0.25) is 0 Å². The highest BCUT2D eigenvalue weighted by molar-refractivity contribution is 7.10. The van der Waals surface area contributed by atoms with E-state index in [1.54, 1.807) is 11.3 Å². The first-order valence-electron chi connectivity index (χ1n) is 5.82. The van der Waals surface area contributed by atoms with Gasteiger partial charge < -0.3 is 10.6 Å². The minimum absolute atomic E-state index is 0.174.